The molecule has 1 fully saturated rings. The van der Waals surface area contributed by atoms with Crippen molar-refractivity contribution < 1.29 is 19.1 Å². The van der Waals surface area contributed by atoms with Gasteiger partial charge in [0.2, 0.25) is 0 Å². The fourth-order valence-corrected chi connectivity index (χ4v) is 2.42. The van der Waals surface area contributed by atoms with Gasteiger partial charge in [-0.05, 0) is 18.2 Å². The summed E-state index contributed by atoms with van der Waals surface area (Å²) < 4.78 is 13.1. The summed E-state index contributed by atoms with van der Waals surface area (Å²) in [6, 6.07) is 3.93. The predicted molar refractivity (Wildman–Crippen MR) is 76.0 cm³/mol. The molecule has 1 heterocycles. The third kappa shape index (κ3) is 4.15. The molecule has 2 rings (SSSR count). The molecule has 1 N–H and O–H groups in total. The molecule has 0 aliphatic carbocycles. The first-order valence-electron chi connectivity index (χ1n) is 6.66. The number of nitrogens with zero attached hydrogens (tertiary/aromatic N) is 2. The van der Waals surface area contributed by atoms with Crippen molar-refractivity contribution in [3.63, 3.8) is 0 Å². The Bertz CT molecular complexity index is 545. The van der Waals surface area contributed by atoms with E-state index in [2.05, 4.69) is 0 Å². The molecule has 5 nitrogen and oxygen atoms in total. The van der Waals surface area contributed by atoms with E-state index in [9.17, 15) is 14.0 Å². The summed E-state index contributed by atoms with van der Waals surface area (Å²) in [5, 5.41) is 8.58. The van der Waals surface area contributed by atoms with Crippen molar-refractivity contribution >= 4 is 23.5 Å². The van der Waals surface area contributed by atoms with E-state index in [0.29, 0.717) is 38.3 Å². The Morgan fingerprint density at radius 3 is 2.48 bits per heavy atom. The van der Waals surface area contributed by atoms with Gasteiger partial charge in [-0.15, -0.1) is 0 Å². The van der Waals surface area contributed by atoms with E-state index in [1.54, 1.807) is 4.90 Å². The van der Waals surface area contributed by atoms with E-state index in [1.165, 1.54) is 18.2 Å². The van der Waals surface area contributed by atoms with Crippen molar-refractivity contribution in [3.05, 3.63) is 34.6 Å². The molecule has 0 aromatic heterocycles. The number of carboxylic acid groups (broad SMARTS) is 1. The lowest BCUT2D eigenvalue weighted by atomic mass is 10.1. The Labute approximate surface area is 126 Å². The highest BCUT2D eigenvalue weighted by molar-refractivity contribution is 6.31. The zero-order chi connectivity index (χ0) is 15.4. The Kier molecular flexibility index (Phi) is 5.14. The van der Waals surface area contributed by atoms with Crippen LogP contribution in [0, 0.1) is 5.82 Å². The number of hydrogen-bond donors (Lipinski definition) is 1. The maximum atomic E-state index is 13.1. The third-order valence-corrected chi connectivity index (χ3v) is 3.76. The molecule has 1 aromatic rings. The standard InChI is InChI=1S/C14H16ClFN2O3/c15-11-9-10(1-2-12(11)16)14(21)18-7-5-17(6-8-18)4-3-13(19)20/h1-2,9H,3-8H2,(H,19,20). The molecule has 21 heavy (non-hydrogen) atoms. The van der Waals surface area contributed by atoms with Crippen molar-refractivity contribution in [1.29, 1.82) is 0 Å². The number of rotatable bonds is 4. The number of benzene rings is 1. The van der Waals surface area contributed by atoms with Gasteiger partial charge >= 0.3 is 5.97 Å². The number of amides is 1. The second kappa shape index (κ2) is 6.87. The molecule has 1 aromatic carbocycles. The SMILES string of the molecule is O=C(O)CCN1CCN(C(=O)c2ccc(F)c(Cl)c2)CC1. The van der Waals surface area contributed by atoms with Crippen LogP contribution in [0.4, 0.5) is 4.39 Å². The van der Waals surface area contributed by atoms with Gasteiger partial charge in [0.15, 0.2) is 0 Å². The van der Waals surface area contributed by atoms with Gasteiger partial charge < -0.3 is 10.0 Å². The van der Waals surface area contributed by atoms with Crippen LogP contribution in [0.5, 0.6) is 0 Å². The minimum atomic E-state index is -0.825. The molecule has 1 aliphatic heterocycles. The third-order valence-electron chi connectivity index (χ3n) is 3.47. The number of aliphatic carboxylic acids is 1. The summed E-state index contributed by atoms with van der Waals surface area (Å²) in [7, 11) is 0. The summed E-state index contributed by atoms with van der Waals surface area (Å²) in [6.07, 6.45) is 0.0987. The number of carbonyl (C=O) groups is 2. The molecular formula is C14H16ClFN2O3. The fraction of sp³-hybridized carbons (Fsp3) is 0.429. The molecule has 0 bridgehead atoms. The Hall–Kier alpha value is -1.66. The van der Waals surface area contributed by atoms with Gasteiger partial charge in [-0.1, -0.05) is 11.6 Å². The monoisotopic (exact) mass is 314 g/mol. The number of carboxylic acids is 1. The fourth-order valence-electron chi connectivity index (χ4n) is 2.24. The molecule has 0 radical (unpaired) electrons. The van der Waals surface area contributed by atoms with Crippen molar-refractivity contribution in [2.24, 2.45) is 0 Å². The molecule has 114 valence electrons. The summed E-state index contributed by atoms with van der Waals surface area (Å²) in [6.45, 7) is 2.79. The summed E-state index contributed by atoms with van der Waals surface area (Å²) in [4.78, 5) is 26.5. The van der Waals surface area contributed by atoms with E-state index in [0.717, 1.165) is 0 Å². The van der Waals surface area contributed by atoms with Crippen LogP contribution in [0.15, 0.2) is 18.2 Å². The van der Waals surface area contributed by atoms with Crippen LogP contribution in [0.1, 0.15) is 16.8 Å². The summed E-state index contributed by atoms with van der Waals surface area (Å²) in [5.41, 5.74) is 0.361. The van der Waals surface area contributed by atoms with Crippen LogP contribution >= 0.6 is 11.6 Å². The van der Waals surface area contributed by atoms with Crippen molar-refractivity contribution in [3.8, 4) is 0 Å². The first kappa shape index (κ1) is 15.7. The molecule has 7 heteroatoms. The Morgan fingerprint density at radius 2 is 1.90 bits per heavy atom. The van der Waals surface area contributed by atoms with Crippen molar-refractivity contribution in [2.75, 3.05) is 32.7 Å². The van der Waals surface area contributed by atoms with Crippen LogP contribution in [-0.2, 0) is 4.79 Å². The molecule has 1 amide bonds. The first-order chi connectivity index (χ1) is 9.97. The number of halogens is 2. The van der Waals surface area contributed by atoms with Crippen LogP contribution in [0.2, 0.25) is 5.02 Å². The van der Waals surface area contributed by atoms with Gasteiger partial charge in [-0.2, -0.15) is 0 Å². The summed E-state index contributed by atoms with van der Waals surface area (Å²) >= 11 is 5.68. The Balaban J connectivity index is 1.90. The maximum Gasteiger partial charge on any atom is 0.304 e. The quantitative estimate of drug-likeness (QED) is 0.919. The first-order valence-corrected chi connectivity index (χ1v) is 7.03. The van der Waals surface area contributed by atoms with Gasteiger partial charge in [0.1, 0.15) is 5.82 Å². The van der Waals surface area contributed by atoms with Gasteiger partial charge in [0, 0.05) is 38.3 Å². The topological polar surface area (TPSA) is 60.9 Å². The van der Waals surface area contributed by atoms with Gasteiger partial charge in [-0.3, -0.25) is 14.5 Å². The minimum absolute atomic E-state index is 0.0686. The van der Waals surface area contributed by atoms with Gasteiger partial charge in [0.25, 0.3) is 5.91 Å². The van der Waals surface area contributed by atoms with Gasteiger partial charge in [0.05, 0.1) is 11.4 Å². The molecule has 0 unspecified atom stereocenters. The molecule has 0 spiro atoms. The van der Waals surface area contributed by atoms with Crippen LogP contribution in [0.25, 0.3) is 0 Å². The van der Waals surface area contributed by atoms with Crippen LogP contribution < -0.4 is 0 Å². The van der Waals surface area contributed by atoms with Crippen molar-refractivity contribution in [1.82, 2.24) is 9.80 Å². The average molecular weight is 315 g/mol. The van der Waals surface area contributed by atoms with Crippen LogP contribution in [0.3, 0.4) is 0 Å². The predicted octanol–water partition coefficient (Wildman–Crippen LogP) is 1.71. The zero-order valence-corrected chi connectivity index (χ0v) is 12.1. The highest BCUT2D eigenvalue weighted by atomic mass is 35.5. The van der Waals surface area contributed by atoms with E-state index >= 15 is 0 Å². The lowest BCUT2D eigenvalue weighted by Crippen LogP contribution is -2.49. The van der Waals surface area contributed by atoms with Gasteiger partial charge in [-0.25, -0.2) is 4.39 Å². The smallest absolute Gasteiger partial charge is 0.304 e. The number of hydrogen-bond acceptors (Lipinski definition) is 3. The van der Waals surface area contributed by atoms with E-state index in [4.69, 9.17) is 16.7 Å². The molecule has 0 saturated carbocycles. The molecular weight excluding hydrogens is 299 g/mol. The van der Waals surface area contributed by atoms with Crippen LogP contribution in [-0.4, -0.2) is 59.5 Å². The Morgan fingerprint density at radius 1 is 1.24 bits per heavy atom. The molecule has 1 aliphatic rings. The van der Waals surface area contributed by atoms with E-state index in [1.807, 2.05) is 4.90 Å². The lowest BCUT2D eigenvalue weighted by molar-refractivity contribution is -0.137. The molecule has 0 atom stereocenters. The second-order valence-electron chi connectivity index (χ2n) is 4.91. The molecule has 1 saturated heterocycles. The highest BCUT2D eigenvalue weighted by Gasteiger charge is 2.22. The zero-order valence-electron chi connectivity index (χ0n) is 11.4. The second-order valence-corrected chi connectivity index (χ2v) is 5.31. The minimum Gasteiger partial charge on any atom is -0.481 e. The number of carbonyl (C=O) groups excluding carboxylic acids is 1. The lowest BCUT2D eigenvalue weighted by Gasteiger charge is -2.34. The largest absolute Gasteiger partial charge is 0.481 e. The van der Waals surface area contributed by atoms with E-state index in [-0.39, 0.29) is 17.4 Å². The highest BCUT2D eigenvalue weighted by Crippen LogP contribution is 2.18. The summed E-state index contributed by atoms with van der Waals surface area (Å²) in [5.74, 6) is -1.56. The average Bonchev–Trinajstić information content (AvgIpc) is 2.48. The normalized spacial score (nSPS) is 16.0. The van der Waals surface area contributed by atoms with Crippen molar-refractivity contribution in [2.45, 2.75) is 6.42 Å². The van der Waals surface area contributed by atoms with E-state index < -0.39 is 11.8 Å². The number of piperazine rings is 1. The maximum absolute atomic E-state index is 13.1.